The van der Waals surface area contributed by atoms with Gasteiger partial charge in [-0.2, -0.15) is 0 Å². The van der Waals surface area contributed by atoms with Crippen LogP contribution in [0.5, 0.6) is 0 Å². The van der Waals surface area contributed by atoms with E-state index in [1.165, 1.54) is 0 Å². The van der Waals surface area contributed by atoms with Gasteiger partial charge < -0.3 is 25.4 Å². The van der Waals surface area contributed by atoms with Gasteiger partial charge >= 0.3 is 12.0 Å². The van der Waals surface area contributed by atoms with Crippen molar-refractivity contribution in [1.82, 2.24) is 15.5 Å². The van der Waals surface area contributed by atoms with Gasteiger partial charge in [0.05, 0.1) is 6.61 Å². The first-order valence-corrected chi connectivity index (χ1v) is 7.03. The average Bonchev–Trinajstić information content (AvgIpc) is 2.86. The van der Waals surface area contributed by atoms with Crippen LogP contribution >= 0.6 is 0 Å². The lowest BCUT2D eigenvalue weighted by Crippen LogP contribution is -2.40. The molecule has 0 aromatic rings. The number of likely N-dealkylation sites (tertiary alicyclic amines) is 1. The number of hydrogen-bond donors (Lipinski definition) is 3. The van der Waals surface area contributed by atoms with Crippen molar-refractivity contribution >= 4 is 17.9 Å². The van der Waals surface area contributed by atoms with Gasteiger partial charge in [-0.15, -0.1) is 0 Å². The fraction of sp³-hybridized carbons (Fsp3) is 0.769. The lowest BCUT2D eigenvalue weighted by atomic mass is 10.1. The smallest absolute Gasteiger partial charge is 0.317 e. The summed E-state index contributed by atoms with van der Waals surface area (Å²) >= 11 is 0. The Hall–Kier alpha value is -1.83. The minimum absolute atomic E-state index is 0.0191. The minimum Gasteiger partial charge on any atom is -0.481 e. The minimum atomic E-state index is -0.838. The number of nitrogens with one attached hydrogen (secondary N) is 2. The predicted octanol–water partition coefficient (Wildman–Crippen LogP) is -0.355. The fourth-order valence-corrected chi connectivity index (χ4v) is 2.21. The molecular formula is C13H23N3O5. The third-order valence-corrected chi connectivity index (χ3v) is 3.29. The predicted molar refractivity (Wildman–Crippen MR) is 74.8 cm³/mol. The van der Waals surface area contributed by atoms with E-state index in [1.54, 1.807) is 12.0 Å². The van der Waals surface area contributed by atoms with Crippen LogP contribution in [-0.2, 0) is 14.3 Å². The van der Waals surface area contributed by atoms with Crippen LogP contribution in [0.2, 0.25) is 0 Å². The normalized spacial score (nSPS) is 17.6. The number of hydrogen-bond acceptors (Lipinski definition) is 4. The monoisotopic (exact) mass is 301 g/mol. The first-order valence-electron chi connectivity index (χ1n) is 7.03. The van der Waals surface area contributed by atoms with Crippen LogP contribution in [0.1, 0.15) is 19.3 Å². The Balaban J connectivity index is 2.14. The van der Waals surface area contributed by atoms with Crippen LogP contribution in [0.15, 0.2) is 0 Å². The van der Waals surface area contributed by atoms with Gasteiger partial charge in [-0.25, -0.2) is 4.79 Å². The van der Waals surface area contributed by atoms with Crippen molar-refractivity contribution in [3.63, 3.8) is 0 Å². The number of rotatable bonds is 8. The van der Waals surface area contributed by atoms with E-state index in [-0.39, 0.29) is 37.2 Å². The Labute approximate surface area is 123 Å². The summed E-state index contributed by atoms with van der Waals surface area (Å²) in [6, 6.07) is -0.243. The number of urea groups is 1. The Morgan fingerprint density at radius 2 is 2.05 bits per heavy atom. The molecular weight excluding hydrogens is 278 g/mol. The molecule has 1 heterocycles. The number of carboxylic acid groups (broad SMARTS) is 1. The van der Waals surface area contributed by atoms with E-state index in [0.717, 1.165) is 0 Å². The lowest BCUT2D eigenvalue weighted by Gasteiger charge is -2.17. The third-order valence-electron chi connectivity index (χ3n) is 3.29. The molecule has 1 aliphatic heterocycles. The molecule has 1 atom stereocenters. The summed E-state index contributed by atoms with van der Waals surface area (Å²) in [5.74, 6) is -0.960. The number of carbonyl (C=O) groups is 3. The Kier molecular flexibility index (Phi) is 7.52. The van der Waals surface area contributed by atoms with E-state index < -0.39 is 5.97 Å². The van der Waals surface area contributed by atoms with Crippen LogP contribution in [0.25, 0.3) is 0 Å². The molecule has 0 aromatic carbocycles. The van der Waals surface area contributed by atoms with Crippen molar-refractivity contribution in [3.05, 3.63) is 0 Å². The number of ether oxygens (including phenoxy) is 1. The van der Waals surface area contributed by atoms with Crippen molar-refractivity contribution < 1.29 is 24.2 Å². The number of carbonyl (C=O) groups excluding carboxylic acids is 2. The summed E-state index contributed by atoms with van der Waals surface area (Å²) in [7, 11) is 1.56. The first-order chi connectivity index (χ1) is 10.0. The highest BCUT2D eigenvalue weighted by Gasteiger charge is 2.27. The van der Waals surface area contributed by atoms with Gasteiger partial charge in [-0.05, 0) is 12.3 Å². The summed E-state index contributed by atoms with van der Waals surface area (Å²) in [6.45, 7) is 2.18. The van der Waals surface area contributed by atoms with E-state index >= 15 is 0 Å². The molecule has 8 nitrogen and oxygen atoms in total. The summed E-state index contributed by atoms with van der Waals surface area (Å²) < 4.78 is 4.81. The van der Waals surface area contributed by atoms with E-state index in [9.17, 15) is 14.4 Å². The zero-order valence-electron chi connectivity index (χ0n) is 12.3. The summed E-state index contributed by atoms with van der Waals surface area (Å²) in [5.41, 5.74) is 0. The second kappa shape index (κ2) is 9.17. The molecule has 1 rings (SSSR count). The molecule has 1 saturated heterocycles. The Morgan fingerprint density at radius 1 is 1.29 bits per heavy atom. The molecule has 0 aromatic heterocycles. The Morgan fingerprint density at radius 3 is 2.71 bits per heavy atom. The maximum Gasteiger partial charge on any atom is 0.317 e. The fourth-order valence-electron chi connectivity index (χ4n) is 2.21. The second-order valence-electron chi connectivity index (χ2n) is 5.02. The van der Waals surface area contributed by atoms with Crippen molar-refractivity contribution in [2.45, 2.75) is 19.3 Å². The second-order valence-corrected chi connectivity index (χ2v) is 5.02. The molecule has 21 heavy (non-hydrogen) atoms. The van der Waals surface area contributed by atoms with Crippen LogP contribution in [0.3, 0.4) is 0 Å². The number of aliphatic carboxylic acids is 1. The maximum atomic E-state index is 11.8. The van der Waals surface area contributed by atoms with Gasteiger partial charge in [0.2, 0.25) is 5.91 Å². The molecule has 0 radical (unpaired) electrons. The molecule has 1 fully saturated rings. The molecule has 0 spiro atoms. The van der Waals surface area contributed by atoms with Crippen molar-refractivity contribution in [2.75, 3.05) is 39.9 Å². The molecule has 0 saturated carbocycles. The molecule has 8 heteroatoms. The molecule has 120 valence electrons. The number of carboxylic acids is 1. The van der Waals surface area contributed by atoms with Gasteiger partial charge in [0, 0.05) is 46.1 Å². The summed E-state index contributed by atoms with van der Waals surface area (Å²) in [6.07, 6.45) is 1.00. The quantitative estimate of drug-likeness (QED) is 0.531. The number of amides is 3. The molecule has 3 N–H and O–H groups in total. The third kappa shape index (κ3) is 6.94. The van der Waals surface area contributed by atoms with Crippen molar-refractivity contribution in [2.24, 2.45) is 5.92 Å². The Bertz CT molecular complexity index is 375. The van der Waals surface area contributed by atoms with Gasteiger partial charge in [-0.1, -0.05) is 0 Å². The van der Waals surface area contributed by atoms with Crippen molar-refractivity contribution in [3.8, 4) is 0 Å². The zero-order valence-corrected chi connectivity index (χ0v) is 12.3. The van der Waals surface area contributed by atoms with E-state index in [2.05, 4.69) is 10.6 Å². The molecule has 1 unspecified atom stereocenters. The zero-order chi connectivity index (χ0) is 15.7. The maximum absolute atomic E-state index is 11.8. The summed E-state index contributed by atoms with van der Waals surface area (Å²) in [4.78, 5) is 35.4. The molecule has 3 amide bonds. The largest absolute Gasteiger partial charge is 0.481 e. The SMILES string of the molecule is COCCNC(=O)CCNC(=O)N1CCC(CC(=O)O)C1. The van der Waals surface area contributed by atoms with Gasteiger partial charge in [0.15, 0.2) is 0 Å². The van der Waals surface area contributed by atoms with Crippen LogP contribution in [0, 0.1) is 5.92 Å². The standard InChI is InChI=1S/C13H23N3O5/c1-21-7-5-14-11(17)2-4-15-13(20)16-6-3-10(9-16)8-12(18)19/h10H,2-9H2,1H3,(H,14,17)(H,15,20)(H,18,19). The molecule has 1 aliphatic rings. The highest BCUT2D eigenvalue weighted by Crippen LogP contribution is 2.19. The summed E-state index contributed by atoms with van der Waals surface area (Å²) in [5, 5.41) is 14.0. The van der Waals surface area contributed by atoms with E-state index in [4.69, 9.17) is 9.84 Å². The van der Waals surface area contributed by atoms with E-state index in [0.29, 0.717) is 32.7 Å². The number of methoxy groups -OCH3 is 1. The van der Waals surface area contributed by atoms with Gasteiger partial charge in [-0.3, -0.25) is 9.59 Å². The van der Waals surface area contributed by atoms with Gasteiger partial charge in [0.1, 0.15) is 0 Å². The van der Waals surface area contributed by atoms with Crippen molar-refractivity contribution in [1.29, 1.82) is 0 Å². The lowest BCUT2D eigenvalue weighted by molar-refractivity contribution is -0.138. The first kappa shape index (κ1) is 17.2. The topological polar surface area (TPSA) is 108 Å². The van der Waals surface area contributed by atoms with Crippen LogP contribution in [0.4, 0.5) is 4.79 Å². The molecule has 0 aliphatic carbocycles. The average molecular weight is 301 g/mol. The highest BCUT2D eigenvalue weighted by atomic mass is 16.5. The number of nitrogens with zero attached hydrogens (tertiary/aromatic N) is 1. The van der Waals surface area contributed by atoms with E-state index in [1.807, 2.05) is 0 Å². The van der Waals surface area contributed by atoms with Crippen LogP contribution < -0.4 is 10.6 Å². The van der Waals surface area contributed by atoms with Crippen LogP contribution in [-0.4, -0.2) is 67.8 Å². The highest BCUT2D eigenvalue weighted by molar-refractivity contribution is 5.78. The van der Waals surface area contributed by atoms with Gasteiger partial charge in [0.25, 0.3) is 0 Å². The molecule has 0 bridgehead atoms.